The highest BCUT2D eigenvalue weighted by Gasteiger charge is 2.23. The zero-order chi connectivity index (χ0) is 28.1. The zero-order valence-electron chi connectivity index (χ0n) is 23.3. The van der Waals surface area contributed by atoms with Gasteiger partial charge in [0.1, 0.15) is 11.2 Å². The molecule has 198 valence electrons. The first-order chi connectivity index (χ1) is 21.3. The first kappa shape index (κ1) is 23.0. The highest BCUT2D eigenvalue weighted by molar-refractivity contribution is 6.22. The fourth-order valence-electron chi connectivity index (χ4n) is 7.56. The number of hydrogen-bond donors (Lipinski definition) is 0. The number of hydrogen-bond acceptors (Lipinski definition) is 1. The van der Waals surface area contributed by atoms with Crippen molar-refractivity contribution in [3.05, 3.63) is 146 Å². The summed E-state index contributed by atoms with van der Waals surface area (Å²) in [6.45, 7) is 0. The molecule has 1 nitrogen and oxygen atoms in total. The molecule has 43 heavy (non-hydrogen) atoms. The van der Waals surface area contributed by atoms with E-state index in [9.17, 15) is 0 Å². The molecule has 0 radical (unpaired) electrons. The van der Waals surface area contributed by atoms with Crippen molar-refractivity contribution in [2.24, 2.45) is 0 Å². The van der Waals surface area contributed by atoms with E-state index in [1.807, 2.05) is 0 Å². The molecule has 0 unspecified atom stereocenters. The van der Waals surface area contributed by atoms with Crippen molar-refractivity contribution in [1.29, 1.82) is 0 Å². The Balaban J connectivity index is 1.25. The third-order valence-electron chi connectivity index (χ3n) is 9.41. The summed E-state index contributed by atoms with van der Waals surface area (Å²) >= 11 is 0. The Morgan fingerprint density at radius 2 is 0.930 bits per heavy atom. The van der Waals surface area contributed by atoms with E-state index >= 15 is 0 Å². The van der Waals surface area contributed by atoms with E-state index < -0.39 is 0 Å². The fourth-order valence-corrected chi connectivity index (χ4v) is 7.56. The first-order valence-corrected chi connectivity index (χ1v) is 14.9. The third-order valence-corrected chi connectivity index (χ3v) is 9.41. The molecule has 0 bridgehead atoms. The van der Waals surface area contributed by atoms with Crippen molar-refractivity contribution in [3.8, 4) is 44.5 Å². The Labute approximate surface area is 248 Å². The molecule has 0 saturated heterocycles. The van der Waals surface area contributed by atoms with Crippen molar-refractivity contribution in [1.82, 2.24) is 0 Å². The fraction of sp³-hybridized carbons (Fsp3) is 0. The summed E-state index contributed by atoms with van der Waals surface area (Å²) in [6.07, 6.45) is 0. The number of benzene rings is 8. The summed E-state index contributed by atoms with van der Waals surface area (Å²) in [5, 5.41) is 10.0. The lowest BCUT2D eigenvalue weighted by Gasteiger charge is -2.12. The van der Waals surface area contributed by atoms with Crippen LogP contribution in [0.2, 0.25) is 0 Å². The summed E-state index contributed by atoms with van der Waals surface area (Å²) < 4.78 is 6.49. The van der Waals surface area contributed by atoms with Crippen LogP contribution in [0.1, 0.15) is 0 Å². The Hall–Kier alpha value is -5.66. The third kappa shape index (κ3) is 3.11. The van der Waals surface area contributed by atoms with Crippen molar-refractivity contribution in [2.45, 2.75) is 0 Å². The lowest BCUT2D eigenvalue weighted by Crippen LogP contribution is -1.86. The summed E-state index contributed by atoms with van der Waals surface area (Å²) in [5.41, 5.74) is 12.0. The van der Waals surface area contributed by atoms with Crippen molar-refractivity contribution in [3.63, 3.8) is 0 Å². The second kappa shape index (κ2) is 8.44. The summed E-state index contributed by atoms with van der Waals surface area (Å²) in [7, 11) is 0. The molecular weight excluding hydrogens is 520 g/mol. The lowest BCUT2D eigenvalue weighted by atomic mass is 9.91. The minimum absolute atomic E-state index is 0.912. The molecule has 0 amide bonds. The molecule has 0 spiro atoms. The SMILES string of the molecule is c1ccc2c(c1)-c1cccc3c(-c4cccc5oc6ccc(-c7cccc8ccc9ccccc9c78)cc6c45)ccc-2c13. The van der Waals surface area contributed by atoms with Crippen LogP contribution < -0.4 is 0 Å². The number of furan rings is 1. The molecule has 0 atom stereocenters. The van der Waals surface area contributed by atoms with Gasteiger partial charge < -0.3 is 4.42 Å². The molecule has 0 N–H and O–H groups in total. The van der Waals surface area contributed by atoms with Crippen LogP contribution in [0.15, 0.2) is 150 Å². The molecule has 0 saturated carbocycles. The lowest BCUT2D eigenvalue weighted by molar-refractivity contribution is 0.669. The summed E-state index contributed by atoms with van der Waals surface area (Å²) in [4.78, 5) is 0. The molecule has 8 aromatic carbocycles. The van der Waals surface area contributed by atoms with Crippen molar-refractivity contribution in [2.75, 3.05) is 0 Å². The quantitative estimate of drug-likeness (QED) is 0.197. The van der Waals surface area contributed by atoms with Crippen LogP contribution in [0.5, 0.6) is 0 Å². The Bertz CT molecular complexity index is 2590. The van der Waals surface area contributed by atoms with Crippen LogP contribution in [-0.2, 0) is 0 Å². The van der Waals surface area contributed by atoms with E-state index in [0.29, 0.717) is 0 Å². The van der Waals surface area contributed by atoms with Crippen LogP contribution in [-0.4, -0.2) is 0 Å². The predicted molar refractivity (Wildman–Crippen MR) is 182 cm³/mol. The predicted octanol–water partition coefficient (Wildman–Crippen LogP) is 12.0. The molecule has 0 aliphatic heterocycles. The average Bonchev–Trinajstić information content (AvgIpc) is 3.61. The first-order valence-electron chi connectivity index (χ1n) is 14.9. The van der Waals surface area contributed by atoms with Gasteiger partial charge in [0, 0.05) is 10.8 Å². The van der Waals surface area contributed by atoms with E-state index in [1.54, 1.807) is 0 Å². The Morgan fingerprint density at radius 3 is 1.84 bits per heavy atom. The van der Waals surface area contributed by atoms with E-state index in [2.05, 4.69) is 146 Å². The van der Waals surface area contributed by atoms with Gasteiger partial charge in [-0.15, -0.1) is 0 Å². The van der Waals surface area contributed by atoms with Gasteiger partial charge in [0.25, 0.3) is 0 Å². The van der Waals surface area contributed by atoms with Crippen molar-refractivity contribution >= 4 is 54.3 Å². The average molecular weight is 545 g/mol. The molecule has 10 rings (SSSR count). The molecule has 1 aliphatic carbocycles. The Kier molecular flexibility index (Phi) is 4.51. The van der Waals surface area contributed by atoms with Crippen LogP contribution in [0.4, 0.5) is 0 Å². The summed E-state index contributed by atoms with van der Waals surface area (Å²) in [6, 6.07) is 53.0. The highest BCUT2D eigenvalue weighted by Crippen LogP contribution is 2.50. The maximum absolute atomic E-state index is 6.49. The largest absolute Gasteiger partial charge is 0.456 e. The normalized spacial score (nSPS) is 12.2. The van der Waals surface area contributed by atoms with Crippen LogP contribution in [0.3, 0.4) is 0 Å². The number of rotatable bonds is 2. The van der Waals surface area contributed by atoms with Gasteiger partial charge in [0.15, 0.2) is 0 Å². The Morgan fingerprint density at radius 1 is 0.302 bits per heavy atom. The molecule has 1 aromatic heterocycles. The monoisotopic (exact) mass is 544 g/mol. The van der Waals surface area contributed by atoms with Gasteiger partial charge in [-0.2, -0.15) is 0 Å². The molecule has 0 fully saturated rings. The molecule has 9 aromatic rings. The van der Waals surface area contributed by atoms with E-state index in [4.69, 9.17) is 4.42 Å². The number of fused-ring (bicyclic) bond motifs is 9. The van der Waals surface area contributed by atoms with Gasteiger partial charge in [0.05, 0.1) is 0 Å². The van der Waals surface area contributed by atoms with Gasteiger partial charge in [0.2, 0.25) is 0 Å². The van der Waals surface area contributed by atoms with E-state index in [1.165, 1.54) is 82.2 Å². The smallest absolute Gasteiger partial charge is 0.136 e. The highest BCUT2D eigenvalue weighted by atomic mass is 16.3. The minimum atomic E-state index is 0.912. The van der Waals surface area contributed by atoms with Gasteiger partial charge in [-0.1, -0.05) is 127 Å². The maximum Gasteiger partial charge on any atom is 0.136 e. The molecule has 1 heteroatoms. The summed E-state index contributed by atoms with van der Waals surface area (Å²) in [5.74, 6) is 0. The maximum atomic E-state index is 6.49. The van der Waals surface area contributed by atoms with Crippen LogP contribution in [0, 0.1) is 0 Å². The van der Waals surface area contributed by atoms with Crippen molar-refractivity contribution < 1.29 is 4.42 Å². The van der Waals surface area contributed by atoms with Crippen LogP contribution >= 0.6 is 0 Å². The standard InChI is InChI=1S/C42H24O/c1-2-10-28-25(8-1)18-19-26-9-5-13-29(40(26)28)27-20-23-38-37(24-27)42-35(16-7-17-39(42)43-38)32-21-22-36-31-12-4-3-11-30(31)33-14-6-15-34(32)41(33)36/h1-24H. The topological polar surface area (TPSA) is 13.1 Å². The molecular formula is C42H24O. The van der Waals surface area contributed by atoms with E-state index in [0.717, 1.165) is 16.6 Å². The van der Waals surface area contributed by atoms with Gasteiger partial charge >= 0.3 is 0 Å². The molecule has 1 heterocycles. The van der Waals surface area contributed by atoms with E-state index in [-0.39, 0.29) is 0 Å². The van der Waals surface area contributed by atoms with Gasteiger partial charge in [-0.25, -0.2) is 0 Å². The van der Waals surface area contributed by atoms with Gasteiger partial charge in [-0.05, 0) is 95.0 Å². The van der Waals surface area contributed by atoms with Crippen LogP contribution in [0.25, 0.3) is 98.8 Å². The van der Waals surface area contributed by atoms with Gasteiger partial charge in [-0.3, -0.25) is 0 Å². The minimum Gasteiger partial charge on any atom is -0.456 e. The molecule has 1 aliphatic rings. The second-order valence-corrected chi connectivity index (χ2v) is 11.6. The second-order valence-electron chi connectivity index (χ2n) is 11.6. The zero-order valence-corrected chi connectivity index (χ0v) is 23.3.